The second kappa shape index (κ2) is 7.47. The van der Waals surface area contributed by atoms with Crippen LogP contribution < -0.4 is 11.1 Å². The van der Waals surface area contributed by atoms with E-state index in [9.17, 15) is 4.79 Å². The highest BCUT2D eigenvalue weighted by molar-refractivity contribution is 5.85. The van der Waals surface area contributed by atoms with Gasteiger partial charge in [0.25, 0.3) is 0 Å². The number of hydrogen-bond donors (Lipinski definition) is 2. The van der Waals surface area contributed by atoms with Crippen LogP contribution in [0.3, 0.4) is 0 Å². The lowest BCUT2D eigenvalue weighted by atomic mass is 9.94. The molecular weight excluding hydrogens is 274 g/mol. The third kappa shape index (κ3) is 13.9. The molecule has 0 saturated heterocycles. The fourth-order valence-corrected chi connectivity index (χ4v) is 1.06. The van der Waals surface area contributed by atoms with E-state index in [0.717, 1.165) is 5.84 Å². The predicted molar refractivity (Wildman–Crippen MR) is 98.2 cm³/mol. The minimum Gasteiger partial charge on any atom is -0.387 e. The van der Waals surface area contributed by atoms with E-state index in [0.29, 0.717) is 0 Å². The fraction of sp³-hybridized carbons (Fsp3) is 0.889. The number of nitrogens with zero attached hydrogens (tertiary/aromatic N) is 1. The average Bonchev–Trinajstić information content (AvgIpc) is 2.09. The molecule has 4 heteroatoms. The van der Waals surface area contributed by atoms with Crippen LogP contribution in [0.4, 0.5) is 0 Å². The van der Waals surface area contributed by atoms with Crippen LogP contribution in [0.25, 0.3) is 0 Å². The first kappa shape index (κ1) is 23.2. The van der Waals surface area contributed by atoms with Crippen molar-refractivity contribution in [2.45, 2.75) is 94.2 Å². The summed E-state index contributed by atoms with van der Waals surface area (Å²) in [7, 11) is 0. The van der Waals surface area contributed by atoms with Crippen molar-refractivity contribution in [3.8, 4) is 0 Å². The van der Waals surface area contributed by atoms with E-state index in [4.69, 9.17) is 5.73 Å². The van der Waals surface area contributed by atoms with Gasteiger partial charge >= 0.3 is 0 Å². The number of carbonyl (C=O) groups is 1. The van der Waals surface area contributed by atoms with E-state index in [1.807, 2.05) is 62.3 Å². The lowest BCUT2D eigenvalue weighted by Crippen LogP contribution is -2.46. The van der Waals surface area contributed by atoms with Crippen LogP contribution in [0.15, 0.2) is 4.99 Å². The molecule has 0 bridgehead atoms. The van der Waals surface area contributed by atoms with Crippen LogP contribution in [-0.4, -0.2) is 22.8 Å². The second-order valence-electron chi connectivity index (χ2n) is 9.87. The first-order chi connectivity index (χ1) is 9.26. The third-order valence-corrected chi connectivity index (χ3v) is 2.39. The van der Waals surface area contributed by atoms with Gasteiger partial charge in [-0.1, -0.05) is 41.5 Å². The molecule has 0 spiro atoms. The zero-order valence-electron chi connectivity index (χ0n) is 16.9. The Morgan fingerprint density at radius 1 is 0.773 bits per heavy atom. The molecule has 0 aliphatic heterocycles. The molecule has 0 atom stereocenters. The van der Waals surface area contributed by atoms with Gasteiger partial charge in [0.05, 0.1) is 11.4 Å². The van der Waals surface area contributed by atoms with Crippen molar-refractivity contribution in [3.63, 3.8) is 0 Å². The number of rotatable bonds is 0. The molecule has 4 nitrogen and oxygen atoms in total. The maximum absolute atomic E-state index is 11.4. The monoisotopic (exact) mass is 313 g/mol. The summed E-state index contributed by atoms with van der Waals surface area (Å²) >= 11 is 0. The number of carbonyl (C=O) groups excluding carboxylic acids is 1. The predicted octanol–water partition coefficient (Wildman–Crippen LogP) is 4.14. The molecule has 0 aliphatic carbocycles. The number of amidine groups is 1. The highest BCUT2D eigenvalue weighted by Gasteiger charge is 2.24. The van der Waals surface area contributed by atoms with Crippen molar-refractivity contribution in [3.05, 3.63) is 0 Å². The van der Waals surface area contributed by atoms with Crippen molar-refractivity contribution in [2.75, 3.05) is 0 Å². The van der Waals surface area contributed by atoms with Crippen LogP contribution in [0.1, 0.15) is 83.1 Å². The minimum absolute atomic E-state index is 0.00667. The normalized spacial score (nSPS) is 14.1. The maximum atomic E-state index is 11.4. The molecule has 132 valence electrons. The summed E-state index contributed by atoms with van der Waals surface area (Å²) in [4.78, 5) is 15.7. The summed E-state index contributed by atoms with van der Waals surface area (Å²) in [6.45, 7) is 24.0. The number of nitrogens with two attached hydrogens (primary N) is 1. The first-order valence-electron chi connectivity index (χ1n) is 7.94. The molecule has 1 amide bonds. The Kier molecular flexibility index (Phi) is 7.88. The third-order valence-electron chi connectivity index (χ3n) is 2.39. The Morgan fingerprint density at radius 3 is 1.23 bits per heavy atom. The molecule has 22 heavy (non-hydrogen) atoms. The van der Waals surface area contributed by atoms with Crippen LogP contribution >= 0.6 is 0 Å². The molecule has 0 fully saturated rings. The zero-order chi connectivity index (χ0) is 18.6. The van der Waals surface area contributed by atoms with E-state index < -0.39 is 0 Å². The molecule has 0 aromatic rings. The molecule has 0 heterocycles. The van der Waals surface area contributed by atoms with Crippen molar-refractivity contribution >= 4 is 11.7 Å². The van der Waals surface area contributed by atoms with Crippen molar-refractivity contribution < 1.29 is 4.79 Å². The Labute approximate surface area is 138 Å². The molecule has 0 aromatic heterocycles. The molecule has 0 rings (SSSR count). The highest BCUT2D eigenvalue weighted by atomic mass is 16.2. The van der Waals surface area contributed by atoms with Gasteiger partial charge in [-0.15, -0.1) is 0 Å². The Hall–Kier alpha value is -1.06. The van der Waals surface area contributed by atoms with Crippen LogP contribution in [0, 0.1) is 10.8 Å². The Morgan fingerprint density at radius 2 is 1.14 bits per heavy atom. The van der Waals surface area contributed by atoms with Gasteiger partial charge in [-0.3, -0.25) is 9.79 Å². The minimum atomic E-state index is -0.284. The molecule has 3 N–H and O–H groups in total. The summed E-state index contributed by atoms with van der Waals surface area (Å²) in [6.07, 6.45) is 0. The van der Waals surface area contributed by atoms with Gasteiger partial charge in [0, 0.05) is 16.4 Å². The lowest BCUT2D eigenvalue weighted by molar-refractivity contribution is -0.130. The highest BCUT2D eigenvalue weighted by Crippen LogP contribution is 2.16. The number of nitrogens with one attached hydrogen (secondary N) is 1. The SMILES string of the molecule is CC(C)(C)N=C(N)C(C)(C)C.CC(C)(C)NC(=O)C(C)(C)C. The second-order valence-corrected chi connectivity index (χ2v) is 9.87. The van der Waals surface area contributed by atoms with E-state index in [1.54, 1.807) is 0 Å². The van der Waals surface area contributed by atoms with E-state index in [-0.39, 0.29) is 27.8 Å². The smallest absolute Gasteiger partial charge is 0.225 e. The van der Waals surface area contributed by atoms with Crippen LogP contribution in [-0.2, 0) is 4.79 Å². The van der Waals surface area contributed by atoms with Gasteiger partial charge in [0.1, 0.15) is 0 Å². The van der Waals surface area contributed by atoms with E-state index in [2.05, 4.69) is 31.1 Å². The molecule has 0 aromatic carbocycles. The van der Waals surface area contributed by atoms with Gasteiger partial charge in [0.15, 0.2) is 0 Å². The van der Waals surface area contributed by atoms with Crippen molar-refractivity contribution in [1.29, 1.82) is 0 Å². The zero-order valence-corrected chi connectivity index (χ0v) is 16.9. The summed E-state index contributed by atoms with van der Waals surface area (Å²) in [5.41, 5.74) is 5.32. The van der Waals surface area contributed by atoms with Crippen LogP contribution in [0.5, 0.6) is 0 Å². The number of hydrogen-bond acceptors (Lipinski definition) is 2. The molecule has 0 aliphatic rings. The number of amides is 1. The molecular formula is C18H39N3O. The molecule has 0 unspecified atom stereocenters. The summed E-state index contributed by atoms with van der Waals surface area (Å²) in [5, 5.41) is 2.92. The van der Waals surface area contributed by atoms with Gasteiger partial charge in [0.2, 0.25) is 5.91 Å². The maximum Gasteiger partial charge on any atom is 0.225 e. The van der Waals surface area contributed by atoms with Gasteiger partial charge < -0.3 is 11.1 Å². The van der Waals surface area contributed by atoms with E-state index in [1.165, 1.54) is 0 Å². The van der Waals surface area contributed by atoms with Gasteiger partial charge in [-0.2, -0.15) is 0 Å². The quantitative estimate of drug-likeness (QED) is 0.521. The van der Waals surface area contributed by atoms with Crippen molar-refractivity contribution in [1.82, 2.24) is 5.32 Å². The molecule has 0 saturated carbocycles. The average molecular weight is 314 g/mol. The Balaban J connectivity index is 0. The van der Waals surface area contributed by atoms with Crippen molar-refractivity contribution in [2.24, 2.45) is 21.6 Å². The topological polar surface area (TPSA) is 67.5 Å². The molecule has 0 radical (unpaired) electrons. The largest absolute Gasteiger partial charge is 0.387 e. The fourth-order valence-electron chi connectivity index (χ4n) is 1.06. The summed E-state index contributed by atoms with van der Waals surface area (Å²) in [5.74, 6) is 0.829. The summed E-state index contributed by atoms with van der Waals surface area (Å²) in [6, 6.07) is 0. The van der Waals surface area contributed by atoms with Gasteiger partial charge in [-0.05, 0) is 41.5 Å². The summed E-state index contributed by atoms with van der Waals surface area (Å²) < 4.78 is 0. The standard InChI is InChI=1S/C9H20N2.C9H19NO/c1-8(2,3)7(10)11-9(4,5)6;1-8(2,3)7(11)10-9(4,5)6/h1-6H3,(H2,10,11);1-6H3,(H,10,11). The van der Waals surface area contributed by atoms with E-state index >= 15 is 0 Å². The first-order valence-corrected chi connectivity index (χ1v) is 7.94. The van der Waals surface area contributed by atoms with Crippen LogP contribution in [0.2, 0.25) is 0 Å². The van der Waals surface area contributed by atoms with Gasteiger partial charge in [-0.25, -0.2) is 0 Å². The number of aliphatic imine (C=N–C) groups is 1. The Bertz CT molecular complexity index is 383. The lowest BCUT2D eigenvalue weighted by Gasteiger charge is -2.26.